The van der Waals surface area contributed by atoms with Crippen LogP contribution in [0, 0.1) is 5.92 Å². The lowest BCUT2D eigenvalue weighted by Crippen LogP contribution is -2.57. The van der Waals surface area contributed by atoms with Gasteiger partial charge in [-0.3, -0.25) is 18.9 Å². The van der Waals surface area contributed by atoms with E-state index in [4.69, 9.17) is 0 Å². The molecule has 2 unspecified atom stereocenters. The van der Waals surface area contributed by atoms with E-state index in [1.54, 1.807) is 35.2 Å². The van der Waals surface area contributed by atoms with Crippen LogP contribution in [0.5, 0.6) is 0 Å². The number of carbonyl (C=O) groups excluding carboxylic acids is 3. The van der Waals surface area contributed by atoms with E-state index in [9.17, 15) is 54.6 Å². The molecule has 3 amide bonds. The van der Waals surface area contributed by atoms with Crippen LogP contribution in [-0.2, 0) is 15.8 Å². The molecule has 8 nitrogen and oxygen atoms in total. The van der Waals surface area contributed by atoms with Crippen molar-refractivity contribution in [3.63, 3.8) is 0 Å². The van der Waals surface area contributed by atoms with Gasteiger partial charge in [0.1, 0.15) is 5.78 Å². The van der Waals surface area contributed by atoms with E-state index in [2.05, 4.69) is 5.32 Å². The third-order valence-electron chi connectivity index (χ3n) is 6.99. The molecule has 0 radical (unpaired) electrons. The molecule has 0 saturated carbocycles. The normalized spacial score (nSPS) is 14.9. The van der Waals surface area contributed by atoms with Crippen molar-refractivity contribution in [2.24, 2.45) is 5.92 Å². The SMILES string of the molecule is CCCN(CCC)C(=O)c1cccc(C(=O)N[C@@H](Cc2ccccc2)P(=O)(O)CC(C)C(=O)NCC(F)(F)C(F)(F)C(F)(F)F)c1. The van der Waals surface area contributed by atoms with Gasteiger partial charge in [-0.05, 0) is 36.6 Å². The summed E-state index contributed by atoms with van der Waals surface area (Å²) in [5, 5.41) is 3.75. The summed E-state index contributed by atoms with van der Waals surface area (Å²) in [6.45, 7) is 3.41. The minimum Gasteiger partial charge on any atom is -0.350 e. The molecule has 0 fully saturated rings. The van der Waals surface area contributed by atoms with Crippen LogP contribution in [0.25, 0.3) is 0 Å². The Morgan fingerprint density at radius 1 is 0.891 bits per heavy atom. The average Bonchev–Trinajstić information content (AvgIpc) is 2.98. The maximum Gasteiger partial charge on any atom is 0.459 e. The molecule has 46 heavy (non-hydrogen) atoms. The van der Waals surface area contributed by atoms with Crippen LogP contribution >= 0.6 is 7.37 Å². The molecular formula is C30H37F7N3O5P. The Morgan fingerprint density at radius 2 is 1.46 bits per heavy atom. The number of alkyl halides is 7. The van der Waals surface area contributed by atoms with Gasteiger partial charge in [0.15, 0.2) is 0 Å². The van der Waals surface area contributed by atoms with Crippen molar-refractivity contribution in [2.75, 3.05) is 25.8 Å². The van der Waals surface area contributed by atoms with E-state index in [0.29, 0.717) is 31.5 Å². The minimum atomic E-state index is -6.59. The standard InChI is InChI=1S/C30H37F7N3O5P/c1-4-14-40(15-5-2)27(43)23-13-9-12-22(17-23)26(42)39-24(16-21-10-7-6-8-11-21)46(44,45)18-20(3)25(41)38-19-28(31,32)29(33,34)30(35,36)37/h6-13,17,20,24H,4-5,14-16,18-19H2,1-3H3,(H,38,41)(H,39,42)(H,44,45)/t20?,24-/m1/s1. The van der Waals surface area contributed by atoms with Gasteiger partial charge in [0, 0.05) is 42.7 Å². The predicted molar refractivity (Wildman–Crippen MR) is 157 cm³/mol. The lowest BCUT2D eigenvalue weighted by Gasteiger charge is -2.29. The number of hydrogen-bond donors (Lipinski definition) is 3. The highest BCUT2D eigenvalue weighted by Gasteiger charge is 2.72. The highest BCUT2D eigenvalue weighted by molar-refractivity contribution is 7.58. The first-order valence-electron chi connectivity index (χ1n) is 14.4. The number of carbonyl (C=O) groups is 3. The molecule has 0 saturated heterocycles. The predicted octanol–water partition coefficient (Wildman–Crippen LogP) is 6.10. The summed E-state index contributed by atoms with van der Waals surface area (Å²) >= 11 is 0. The van der Waals surface area contributed by atoms with Crippen LogP contribution in [0.4, 0.5) is 30.7 Å². The number of halogens is 7. The first-order chi connectivity index (χ1) is 21.3. The summed E-state index contributed by atoms with van der Waals surface area (Å²) < 4.78 is 105. The van der Waals surface area contributed by atoms with Gasteiger partial charge >= 0.3 is 18.0 Å². The second-order valence-electron chi connectivity index (χ2n) is 10.9. The molecule has 0 aliphatic carbocycles. The van der Waals surface area contributed by atoms with E-state index in [1.807, 2.05) is 13.8 Å². The molecule has 2 aromatic carbocycles. The van der Waals surface area contributed by atoms with Crippen molar-refractivity contribution < 1.29 is 54.6 Å². The van der Waals surface area contributed by atoms with Gasteiger partial charge in [-0.2, -0.15) is 30.7 Å². The van der Waals surface area contributed by atoms with Crippen molar-refractivity contribution in [3.05, 3.63) is 71.3 Å². The highest BCUT2D eigenvalue weighted by atomic mass is 31.2. The first-order valence-corrected chi connectivity index (χ1v) is 16.3. The Hall–Kier alpha value is -3.45. The summed E-state index contributed by atoms with van der Waals surface area (Å²) in [5.41, 5.74) is 0.682. The Balaban J connectivity index is 2.27. The number of rotatable bonds is 16. The van der Waals surface area contributed by atoms with Crippen LogP contribution in [0.1, 0.15) is 59.9 Å². The molecule has 0 heterocycles. The molecule has 2 aromatic rings. The first kappa shape index (κ1) is 38.7. The fourth-order valence-corrected chi connectivity index (χ4v) is 6.51. The van der Waals surface area contributed by atoms with Gasteiger partial charge in [-0.15, -0.1) is 0 Å². The van der Waals surface area contributed by atoms with E-state index in [0.717, 1.165) is 6.92 Å². The quantitative estimate of drug-likeness (QED) is 0.146. The molecular weight excluding hydrogens is 646 g/mol. The molecule has 256 valence electrons. The van der Waals surface area contributed by atoms with E-state index < -0.39 is 61.6 Å². The zero-order valence-electron chi connectivity index (χ0n) is 25.4. The molecule has 0 aliphatic heterocycles. The van der Waals surface area contributed by atoms with E-state index >= 15 is 0 Å². The van der Waals surface area contributed by atoms with E-state index in [-0.39, 0.29) is 23.5 Å². The summed E-state index contributed by atoms with van der Waals surface area (Å²) in [6, 6.07) is 13.8. The van der Waals surface area contributed by atoms with Crippen LogP contribution in [0.2, 0.25) is 0 Å². The van der Waals surface area contributed by atoms with Crippen molar-refractivity contribution in [1.82, 2.24) is 15.5 Å². The highest BCUT2D eigenvalue weighted by Crippen LogP contribution is 2.49. The fraction of sp³-hybridized carbons (Fsp3) is 0.500. The largest absolute Gasteiger partial charge is 0.459 e. The second kappa shape index (κ2) is 15.9. The molecule has 3 atom stereocenters. The second-order valence-corrected chi connectivity index (χ2v) is 13.4. The zero-order chi connectivity index (χ0) is 34.9. The van der Waals surface area contributed by atoms with Crippen molar-refractivity contribution in [1.29, 1.82) is 0 Å². The van der Waals surface area contributed by atoms with Gasteiger partial charge in [0.25, 0.3) is 11.8 Å². The lowest BCUT2D eigenvalue weighted by atomic mass is 10.1. The molecule has 0 spiro atoms. The molecule has 16 heteroatoms. The topological polar surface area (TPSA) is 116 Å². The van der Waals surface area contributed by atoms with Gasteiger partial charge in [0.05, 0.1) is 6.54 Å². The lowest BCUT2D eigenvalue weighted by molar-refractivity contribution is -0.352. The van der Waals surface area contributed by atoms with Crippen LogP contribution in [0.3, 0.4) is 0 Å². The number of nitrogens with one attached hydrogen (secondary N) is 2. The number of benzene rings is 2. The van der Waals surface area contributed by atoms with Gasteiger partial charge in [-0.1, -0.05) is 57.2 Å². The third-order valence-corrected chi connectivity index (χ3v) is 9.34. The van der Waals surface area contributed by atoms with Crippen molar-refractivity contribution in [2.45, 2.75) is 63.8 Å². The molecule has 2 rings (SSSR count). The molecule has 3 N–H and O–H groups in total. The van der Waals surface area contributed by atoms with Crippen LogP contribution in [0.15, 0.2) is 54.6 Å². The monoisotopic (exact) mass is 683 g/mol. The molecule has 0 bridgehead atoms. The average molecular weight is 684 g/mol. The van der Waals surface area contributed by atoms with Gasteiger partial charge in [0.2, 0.25) is 13.3 Å². The summed E-state index contributed by atoms with van der Waals surface area (Å²) in [6.07, 6.45) is -6.35. The number of hydrogen-bond acceptors (Lipinski definition) is 4. The molecule has 0 aliphatic rings. The fourth-order valence-electron chi connectivity index (χ4n) is 4.49. The third kappa shape index (κ3) is 10.0. The van der Waals surface area contributed by atoms with Crippen molar-refractivity contribution in [3.8, 4) is 0 Å². The smallest absolute Gasteiger partial charge is 0.350 e. The zero-order valence-corrected chi connectivity index (χ0v) is 26.3. The van der Waals surface area contributed by atoms with Gasteiger partial charge in [-0.25, -0.2) is 0 Å². The maximum atomic E-state index is 13.7. The molecule has 0 aromatic heterocycles. The number of amides is 3. The number of nitrogens with zero attached hydrogens (tertiary/aromatic N) is 1. The van der Waals surface area contributed by atoms with E-state index in [1.165, 1.54) is 29.6 Å². The Kier molecular flexibility index (Phi) is 13.4. The van der Waals surface area contributed by atoms with Crippen molar-refractivity contribution >= 4 is 25.1 Å². The minimum absolute atomic E-state index is 0.0181. The Bertz CT molecular complexity index is 1390. The van der Waals surface area contributed by atoms with Gasteiger partial charge < -0.3 is 20.4 Å². The maximum absolute atomic E-state index is 13.7. The summed E-state index contributed by atoms with van der Waals surface area (Å²) in [4.78, 5) is 51.4. The summed E-state index contributed by atoms with van der Waals surface area (Å²) in [7, 11) is -4.62. The van der Waals surface area contributed by atoms with Crippen LogP contribution < -0.4 is 10.6 Å². The Labute approximate surface area is 262 Å². The Morgan fingerprint density at radius 3 is 2.00 bits per heavy atom. The summed E-state index contributed by atoms with van der Waals surface area (Å²) in [5.74, 6) is -18.0. The van der Waals surface area contributed by atoms with Crippen LogP contribution in [-0.4, -0.2) is 77.1 Å².